The van der Waals surface area contributed by atoms with Crippen LogP contribution in [0.3, 0.4) is 0 Å². The number of nitrogens with zero attached hydrogens (tertiary/aromatic N) is 3. The molecule has 0 spiro atoms. The molecule has 2 aromatic rings. The molecule has 0 atom stereocenters. The van der Waals surface area contributed by atoms with E-state index in [0.717, 1.165) is 6.26 Å². The van der Waals surface area contributed by atoms with Crippen molar-refractivity contribution in [3.8, 4) is 5.82 Å². The van der Waals surface area contributed by atoms with Crippen molar-refractivity contribution in [1.29, 1.82) is 0 Å². The summed E-state index contributed by atoms with van der Waals surface area (Å²) in [5.74, 6) is 0.450. The summed E-state index contributed by atoms with van der Waals surface area (Å²) in [5.41, 5.74) is 0.430. The minimum Gasteiger partial charge on any atom is -0.298 e. The van der Waals surface area contributed by atoms with Crippen molar-refractivity contribution in [2.75, 3.05) is 6.26 Å². The molecule has 0 bridgehead atoms. The van der Waals surface area contributed by atoms with Crippen molar-refractivity contribution in [2.45, 2.75) is 4.90 Å². The van der Waals surface area contributed by atoms with Crippen LogP contribution in [0.25, 0.3) is 5.82 Å². The number of hydrogen-bond acceptors (Lipinski definition) is 5. The largest absolute Gasteiger partial charge is 0.298 e. The first-order chi connectivity index (χ1) is 8.00. The van der Waals surface area contributed by atoms with Crippen LogP contribution in [-0.2, 0) is 9.84 Å². The Morgan fingerprint density at radius 1 is 1.29 bits per heavy atom. The second-order valence-electron chi connectivity index (χ2n) is 3.46. The monoisotopic (exact) mass is 251 g/mol. The van der Waals surface area contributed by atoms with Gasteiger partial charge in [0, 0.05) is 18.6 Å². The number of aromatic nitrogens is 3. The predicted octanol–water partition coefficient (Wildman–Crippen LogP) is 0.483. The van der Waals surface area contributed by atoms with Crippen molar-refractivity contribution >= 4 is 16.1 Å². The summed E-state index contributed by atoms with van der Waals surface area (Å²) in [6.45, 7) is 0. The van der Waals surface area contributed by atoms with Gasteiger partial charge in [-0.2, -0.15) is 5.10 Å². The molecule has 0 aliphatic carbocycles. The van der Waals surface area contributed by atoms with Crippen LogP contribution in [0, 0.1) is 0 Å². The van der Waals surface area contributed by atoms with Gasteiger partial charge in [-0.15, -0.1) is 0 Å². The van der Waals surface area contributed by atoms with E-state index in [1.807, 2.05) is 0 Å². The Hall–Kier alpha value is -2.02. The molecule has 88 valence electrons. The summed E-state index contributed by atoms with van der Waals surface area (Å²) in [6.07, 6.45) is 5.96. The molecule has 0 unspecified atom stereocenters. The van der Waals surface area contributed by atoms with Gasteiger partial charge in [-0.3, -0.25) is 4.79 Å². The summed E-state index contributed by atoms with van der Waals surface area (Å²) in [6, 6.07) is 2.97. The normalized spacial score (nSPS) is 11.4. The molecule has 0 amide bonds. The minimum absolute atomic E-state index is 0.143. The van der Waals surface area contributed by atoms with Crippen LogP contribution in [0.1, 0.15) is 10.4 Å². The maximum absolute atomic E-state index is 11.2. The van der Waals surface area contributed by atoms with Gasteiger partial charge in [0.15, 0.2) is 21.9 Å². The van der Waals surface area contributed by atoms with Crippen LogP contribution in [0.15, 0.2) is 35.6 Å². The lowest BCUT2D eigenvalue weighted by Crippen LogP contribution is -2.01. The Kier molecular flexibility index (Phi) is 2.76. The molecule has 0 fully saturated rings. The highest BCUT2D eigenvalue weighted by Gasteiger charge is 2.08. The van der Waals surface area contributed by atoms with E-state index in [-0.39, 0.29) is 4.90 Å². The molecule has 0 saturated carbocycles. The van der Waals surface area contributed by atoms with Crippen molar-refractivity contribution in [3.63, 3.8) is 0 Å². The third kappa shape index (κ3) is 2.39. The molecule has 17 heavy (non-hydrogen) atoms. The highest BCUT2D eigenvalue weighted by atomic mass is 32.2. The third-order valence-corrected chi connectivity index (χ3v) is 3.22. The van der Waals surface area contributed by atoms with Gasteiger partial charge in [0.2, 0.25) is 0 Å². The van der Waals surface area contributed by atoms with E-state index in [4.69, 9.17) is 0 Å². The topological polar surface area (TPSA) is 81.9 Å². The van der Waals surface area contributed by atoms with Crippen LogP contribution in [0.2, 0.25) is 0 Å². The van der Waals surface area contributed by atoms with Crippen LogP contribution in [-0.4, -0.2) is 35.7 Å². The van der Waals surface area contributed by atoms with Gasteiger partial charge in [0.05, 0.1) is 16.7 Å². The zero-order chi connectivity index (χ0) is 12.5. The Labute approximate surface area is 97.8 Å². The first-order valence-corrected chi connectivity index (χ1v) is 6.56. The second kappa shape index (κ2) is 4.10. The summed E-state index contributed by atoms with van der Waals surface area (Å²) >= 11 is 0. The molecule has 2 aromatic heterocycles. The highest BCUT2D eigenvalue weighted by Crippen LogP contribution is 2.10. The SMILES string of the molecule is CS(=O)(=O)c1ccc(-n2cc(C=O)cn2)nc1. The average Bonchev–Trinajstić information content (AvgIpc) is 2.76. The number of aldehydes is 1. The zero-order valence-corrected chi connectivity index (χ0v) is 9.76. The van der Waals surface area contributed by atoms with Gasteiger partial charge < -0.3 is 0 Å². The number of hydrogen-bond donors (Lipinski definition) is 0. The third-order valence-electron chi connectivity index (χ3n) is 2.12. The number of carbonyl (C=O) groups excluding carboxylic acids is 1. The molecule has 0 radical (unpaired) electrons. The predicted molar refractivity (Wildman–Crippen MR) is 59.9 cm³/mol. The maximum Gasteiger partial charge on any atom is 0.177 e. The van der Waals surface area contributed by atoms with Crippen molar-refractivity contribution in [1.82, 2.24) is 14.8 Å². The first kappa shape index (κ1) is 11.5. The van der Waals surface area contributed by atoms with Crippen molar-refractivity contribution in [3.05, 3.63) is 36.3 Å². The molecule has 0 aromatic carbocycles. The Bertz CT molecular complexity index is 644. The summed E-state index contributed by atoms with van der Waals surface area (Å²) in [7, 11) is -3.25. The highest BCUT2D eigenvalue weighted by molar-refractivity contribution is 7.90. The van der Waals surface area contributed by atoms with E-state index >= 15 is 0 Å². The second-order valence-corrected chi connectivity index (χ2v) is 5.48. The quantitative estimate of drug-likeness (QED) is 0.741. The summed E-state index contributed by atoms with van der Waals surface area (Å²) in [4.78, 5) is 14.6. The van der Waals surface area contributed by atoms with Crippen molar-refractivity contribution in [2.24, 2.45) is 0 Å². The van der Waals surface area contributed by atoms with E-state index < -0.39 is 9.84 Å². The van der Waals surface area contributed by atoms with Gasteiger partial charge in [0.25, 0.3) is 0 Å². The standard InChI is InChI=1S/C10H9N3O3S/c1-17(15,16)9-2-3-10(11-5-9)13-6-8(7-14)4-12-13/h2-7H,1H3. The lowest BCUT2D eigenvalue weighted by atomic mass is 10.4. The first-order valence-electron chi connectivity index (χ1n) is 4.67. The molecule has 0 saturated heterocycles. The fourth-order valence-corrected chi connectivity index (χ4v) is 1.81. The lowest BCUT2D eigenvalue weighted by Gasteiger charge is -2.01. The number of carbonyl (C=O) groups is 1. The molecule has 6 nitrogen and oxygen atoms in total. The fourth-order valence-electron chi connectivity index (χ4n) is 1.25. The van der Waals surface area contributed by atoms with E-state index in [2.05, 4.69) is 10.1 Å². The number of pyridine rings is 1. The molecule has 7 heteroatoms. The molecule has 2 rings (SSSR count). The Morgan fingerprint density at radius 2 is 2.06 bits per heavy atom. The Balaban J connectivity index is 2.38. The molecular formula is C10H9N3O3S. The maximum atomic E-state index is 11.2. The van der Waals surface area contributed by atoms with Crippen LogP contribution < -0.4 is 0 Å². The molecule has 0 aliphatic rings. The smallest absolute Gasteiger partial charge is 0.177 e. The lowest BCUT2D eigenvalue weighted by molar-refractivity contribution is 0.112. The molecule has 0 N–H and O–H groups in total. The minimum atomic E-state index is -3.25. The molecule has 0 aliphatic heterocycles. The number of rotatable bonds is 3. The van der Waals surface area contributed by atoms with Gasteiger partial charge in [-0.1, -0.05) is 0 Å². The average molecular weight is 251 g/mol. The van der Waals surface area contributed by atoms with Gasteiger partial charge in [0.1, 0.15) is 0 Å². The van der Waals surface area contributed by atoms with Crippen LogP contribution in [0.4, 0.5) is 0 Å². The number of sulfone groups is 1. The van der Waals surface area contributed by atoms with E-state index in [1.165, 1.54) is 35.4 Å². The van der Waals surface area contributed by atoms with E-state index in [0.29, 0.717) is 17.7 Å². The summed E-state index contributed by atoms with van der Waals surface area (Å²) < 4.78 is 23.8. The van der Waals surface area contributed by atoms with Gasteiger partial charge in [-0.25, -0.2) is 18.1 Å². The molecule has 2 heterocycles. The van der Waals surface area contributed by atoms with Gasteiger partial charge in [-0.05, 0) is 12.1 Å². The fraction of sp³-hybridized carbons (Fsp3) is 0.100. The zero-order valence-electron chi connectivity index (χ0n) is 8.94. The van der Waals surface area contributed by atoms with Crippen LogP contribution >= 0.6 is 0 Å². The van der Waals surface area contributed by atoms with Crippen LogP contribution in [0.5, 0.6) is 0 Å². The molecular weight excluding hydrogens is 242 g/mol. The Morgan fingerprint density at radius 3 is 2.53 bits per heavy atom. The van der Waals surface area contributed by atoms with Gasteiger partial charge >= 0.3 is 0 Å². The summed E-state index contributed by atoms with van der Waals surface area (Å²) in [5, 5.41) is 3.92. The van der Waals surface area contributed by atoms with Crippen molar-refractivity contribution < 1.29 is 13.2 Å². The van der Waals surface area contributed by atoms with E-state index in [1.54, 1.807) is 0 Å². The van der Waals surface area contributed by atoms with E-state index in [9.17, 15) is 13.2 Å².